The normalized spacial score (nSPS) is 12.1. The van der Waals surface area contributed by atoms with Gasteiger partial charge < -0.3 is 4.98 Å². The lowest BCUT2D eigenvalue weighted by atomic mass is 10.2. The van der Waals surface area contributed by atoms with Crippen LogP contribution in [0.5, 0.6) is 0 Å². The summed E-state index contributed by atoms with van der Waals surface area (Å²) in [5.41, 5.74) is 1.78. The zero-order chi connectivity index (χ0) is 11.8. The molecule has 16 heavy (non-hydrogen) atoms. The molecule has 0 saturated heterocycles. The van der Waals surface area contributed by atoms with Crippen LogP contribution < -0.4 is 0 Å². The zero-order valence-corrected chi connectivity index (χ0v) is 11.2. The third-order valence-electron chi connectivity index (χ3n) is 2.57. The van der Waals surface area contributed by atoms with Crippen molar-refractivity contribution in [3.05, 3.63) is 34.4 Å². The Hall–Kier alpha value is -0.810. The van der Waals surface area contributed by atoms with E-state index in [1.54, 1.807) is 13.1 Å². The molecule has 86 valence electrons. The van der Waals surface area contributed by atoms with Crippen molar-refractivity contribution >= 4 is 36.7 Å². The van der Waals surface area contributed by atoms with Crippen LogP contribution in [0.1, 0.15) is 12.5 Å². The fourth-order valence-corrected chi connectivity index (χ4v) is 3.03. The summed E-state index contributed by atoms with van der Waals surface area (Å²) in [6.07, 6.45) is 1.77. The van der Waals surface area contributed by atoms with Crippen LogP contribution in [0.15, 0.2) is 28.9 Å². The van der Waals surface area contributed by atoms with E-state index in [1.165, 1.54) is 0 Å². The fourth-order valence-electron chi connectivity index (χ4n) is 1.63. The minimum absolute atomic E-state index is 0.0972. The van der Waals surface area contributed by atoms with Crippen molar-refractivity contribution in [3.8, 4) is 0 Å². The van der Waals surface area contributed by atoms with Gasteiger partial charge in [0.05, 0.1) is 11.3 Å². The van der Waals surface area contributed by atoms with Crippen LogP contribution in [0.2, 0.25) is 0 Å². The summed E-state index contributed by atoms with van der Waals surface area (Å²) in [7, 11) is -2.98. The number of benzene rings is 1. The molecule has 1 heterocycles. The highest BCUT2D eigenvalue weighted by Crippen LogP contribution is 2.26. The molecule has 1 N–H and O–H groups in total. The van der Waals surface area contributed by atoms with E-state index < -0.39 is 9.84 Å². The third-order valence-corrected chi connectivity index (χ3v) is 4.86. The van der Waals surface area contributed by atoms with Gasteiger partial charge in [0, 0.05) is 21.8 Å². The Morgan fingerprint density at radius 1 is 1.38 bits per heavy atom. The molecule has 0 aliphatic carbocycles. The quantitative estimate of drug-likeness (QED) is 0.948. The van der Waals surface area contributed by atoms with E-state index in [4.69, 9.17) is 0 Å². The summed E-state index contributed by atoms with van der Waals surface area (Å²) in [5, 5.41) is 0.964. The van der Waals surface area contributed by atoms with E-state index in [1.807, 2.05) is 18.2 Å². The van der Waals surface area contributed by atoms with Crippen molar-refractivity contribution in [2.75, 3.05) is 5.75 Å². The average molecular weight is 302 g/mol. The number of H-pyrrole nitrogens is 1. The van der Waals surface area contributed by atoms with Crippen molar-refractivity contribution < 1.29 is 8.42 Å². The highest BCUT2D eigenvalue weighted by atomic mass is 79.9. The van der Waals surface area contributed by atoms with E-state index in [0.717, 1.165) is 20.9 Å². The molecular weight excluding hydrogens is 290 g/mol. The Morgan fingerprint density at radius 2 is 2.12 bits per heavy atom. The molecule has 0 fully saturated rings. The second-order valence-electron chi connectivity index (χ2n) is 3.65. The molecule has 0 aliphatic heterocycles. The molecule has 0 unspecified atom stereocenters. The number of para-hydroxylation sites is 1. The van der Waals surface area contributed by atoms with Gasteiger partial charge in [-0.05, 0) is 27.6 Å². The molecule has 1 aromatic heterocycles. The second kappa shape index (κ2) is 4.22. The Morgan fingerprint density at radius 3 is 2.81 bits per heavy atom. The number of rotatable bonds is 3. The minimum atomic E-state index is -2.98. The monoisotopic (exact) mass is 301 g/mol. The predicted molar refractivity (Wildman–Crippen MR) is 69.2 cm³/mol. The van der Waals surface area contributed by atoms with Crippen LogP contribution in [-0.4, -0.2) is 19.2 Å². The topological polar surface area (TPSA) is 49.9 Å². The van der Waals surface area contributed by atoms with E-state index >= 15 is 0 Å². The lowest BCUT2D eigenvalue weighted by molar-refractivity contribution is 0.596. The SMILES string of the molecule is CCS(=O)(=O)Cc1c[nH]c2c(Br)cccc12. The number of aromatic nitrogens is 1. The molecule has 2 aromatic rings. The average Bonchev–Trinajstić information content (AvgIpc) is 2.63. The molecule has 0 atom stereocenters. The molecule has 1 aromatic carbocycles. The predicted octanol–water partition coefficient (Wildman–Crippen LogP) is 2.87. The molecule has 0 spiro atoms. The van der Waals surface area contributed by atoms with E-state index in [0.29, 0.717) is 0 Å². The van der Waals surface area contributed by atoms with E-state index in [2.05, 4.69) is 20.9 Å². The van der Waals surface area contributed by atoms with Gasteiger partial charge in [-0.1, -0.05) is 19.1 Å². The summed E-state index contributed by atoms with van der Waals surface area (Å²) in [6, 6.07) is 5.76. The maximum absolute atomic E-state index is 11.6. The van der Waals surface area contributed by atoms with Gasteiger partial charge in [0.25, 0.3) is 0 Å². The first kappa shape index (κ1) is 11.7. The smallest absolute Gasteiger partial charge is 0.154 e. The number of halogens is 1. The highest BCUT2D eigenvalue weighted by Gasteiger charge is 2.13. The maximum atomic E-state index is 11.6. The van der Waals surface area contributed by atoms with Gasteiger partial charge in [0.15, 0.2) is 9.84 Å². The minimum Gasteiger partial charge on any atom is -0.360 e. The molecule has 0 radical (unpaired) electrons. The molecule has 3 nitrogen and oxygen atoms in total. The van der Waals surface area contributed by atoms with Crippen molar-refractivity contribution in [1.29, 1.82) is 0 Å². The summed E-state index contributed by atoms with van der Waals surface area (Å²) < 4.78 is 24.1. The van der Waals surface area contributed by atoms with Crippen LogP contribution in [0.25, 0.3) is 10.9 Å². The number of aromatic amines is 1. The fraction of sp³-hybridized carbons (Fsp3) is 0.273. The number of sulfone groups is 1. The molecule has 5 heteroatoms. The molecule has 0 bridgehead atoms. The molecular formula is C11H12BrNO2S. The lowest BCUT2D eigenvalue weighted by Crippen LogP contribution is -2.05. The second-order valence-corrected chi connectivity index (χ2v) is 6.86. The number of hydrogen-bond acceptors (Lipinski definition) is 2. The largest absolute Gasteiger partial charge is 0.360 e. The van der Waals surface area contributed by atoms with Crippen LogP contribution in [0.4, 0.5) is 0 Å². The first-order chi connectivity index (χ1) is 7.53. The van der Waals surface area contributed by atoms with E-state index in [-0.39, 0.29) is 11.5 Å². The molecule has 0 saturated carbocycles. The van der Waals surface area contributed by atoms with Crippen LogP contribution in [0.3, 0.4) is 0 Å². The lowest BCUT2D eigenvalue weighted by Gasteiger charge is -2.00. The van der Waals surface area contributed by atoms with Gasteiger partial charge in [-0.15, -0.1) is 0 Å². The first-order valence-corrected chi connectivity index (χ1v) is 7.60. The summed E-state index contributed by atoms with van der Waals surface area (Å²) in [6.45, 7) is 1.67. The van der Waals surface area contributed by atoms with Crippen LogP contribution in [0, 0.1) is 0 Å². The van der Waals surface area contributed by atoms with Crippen molar-refractivity contribution in [1.82, 2.24) is 4.98 Å². The summed E-state index contributed by atoms with van der Waals surface area (Å²) in [4.78, 5) is 3.09. The van der Waals surface area contributed by atoms with Gasteiger partial charge in [-0.3, -0.25) is 0 Å². The van der Waals surface area contributed by atoms with Crippen LogP contribution >= 0.6 is 15.9 Å². The Balaban J connectivity index is 2.51. The van der Waals surface area contributed by atoms with Gasteiger partial charge in [-0.2, -0.15) is 0 Å². The number of nitrogens with one attached hydrogen (secondary N) is 1. The third kappa shape index (κ3) is 2.15. The number of fused-ring (bicyclic) bond motifs is 1. The van der Waals surface area contributed by atoms with Gasteiger partial charge in [0.2, 0.25) is 0 Å². The zero-order valence-electron chi connectivity index (χ0n) is 8.83. The Bertz CT molecular complexity index is 616. The molecule has 2 rings (SSSR count). The maximum Gasteiger partial charge on any atom is 0.154 e. The summed E-state index contributed by atoms with van der Waals surface area (Å²) >= 11 is 3.43. The van der Waals surface area contributed by atoms with Gasteiger partial charge in [0.1, 0.15) is 0 Å². The highest BCUT2D eigenvalue weighted by molar-refractivity contribution is 9.10. The molecule has 0 aliphatic rings. The van der Waals surface area contributed by atoms with Crippen molar-refractivity contribution in [3.63, 3.8) is 0 Å². The van der Waals surface area contributed by atoms with Crippen LogP contribution in [-0.2, 0) is 15.6 Å². The Kier molecular flexibility index (Phi) is 3.08. The first-order valence-electron chi connectivity index (χ1n) is 4.98. The van der Waals surface area contributed by atoms with Crippen molar-refractivity contribution in [2.24, 2.45) is 0 Å². The van der Waals surface area contributed by atoms with Gasteiger partial charge >= 0.3 is 0 Å². The Labute approximate surface area is 103 Å². The number of hydrogen-bond donors (Lipinski definition) is 1. The van der Waals surface area contributed by atoms with Crippen molar-refractivity contribution in [2.45, 2.75) is 12.7 Å². The standard InChI is InChI=1S/C11H12BrNO2S/c1-2-16(14,15)7-8-6-13-11-9(8)4-3-5-10(11)12/h3-6,13H,2,7H2,1H3. The molecule has 0 amide bonds. The summed E-state index contributed by atoms with van der Waals surface area (Å²) in [5.74, 6) is 0.271. The van der Waals surface area contributed by atoms with E-state index in [9.17, 15) is 8.42 Å². The van der Waals surface area contributed by atoms with Gasteiger partial charge in [-0.25, -0.2) is 8.42 Å².